The maximum atomic E-state index is 11.6. The summed E-state index contributed by atoms with van der Waals surface area (Å²) in [5.41, 5.74) is 1.74. The molecule has 1 fully saturated rings. The van der Waals surface area contributed by atoms with Crippen LogP contribution >= 0.6 is 10.7 Å². The third-order valence-corrected chi connectivity index (χ3v) is 4.59. The lowest BCUT2D eigenvalue weighted by Crippen LogP contribution is -2.06. The Labute approximate surface area is 127 Å². The molecule has 0 bridgehead atoms. The van der Waals surface area contributed by atoms with Crippen LogP contribution in [0.25, 0.3) is 11.4 Å². The molecule has 21 heavy (non-hydrogen) atoms. The number of rotatable bonds is 4. The minimum absolute atomic E-state index is 0.0887. The van der Waals surface area contributed by atoms with Crippen molar-refractivity contribution in [1.82, 2.24) is 14.8 Å². The first kappa shape index (κ1) is 14.3. The van der Waals surface area contributed by atoms with Gasteiger partial charge in [0.1, 0.15) is 5.75 Å². The third-order valence-electron chi connectivity index (χ3n) is 3.46. The van der Waals surface area contributed by atoms with E-state index >= 15 is 0 Å². The molecule has 3 rings (SSSR count). The molecule has 0 radical (unpaired) electrons. The van der Waals surface area contributed by atoms with E-state index in [0.29, 0.717) is 11.6 Å². The average molecular weight is 328 g/mol. The van der Waals surface area contributed by atoms with Crippen LogP contribution in [0.3, 0.4) is 0 Å². The van der Waals surface area contributed by atoms with Crippen molar-refractivity contribution in [3.05, 3.63) is 23.8 Å². The van der Waals surface area contributed by atoms with Crippen LogP contribution in [-0.2, 0) is 9.05 Å². The van der Waals surface area contributed by atoms with Crippen LogP contribution in [0.15, 0.2) is 23.4 Å². The second-order valence-electron chi connectivity index (χ2n) is 5.03. The number of hydrogen-bond acceptors (Lipinski definition) is 5. The van der Waals surface area contributed by atoms with Gasteiger partial charge in [0.25, 0.3) is 14.2 Å². The Bertz CT molecular complexity index is 797. The zero-order valence-corrected chi connectivity index (χ0v) is 13.1. The Hall–Kier alpha value is -1.60. The molecule has 0 saturated heterocycles. The molecule has 1 aliphatic rings. The van der Waals surface area contributed by atoms with E-state index in [9.17, 15) is 8.42 Å². The Morgan fingerprint density at radius 3 is 2.62 bits per heavy atom. The first-order valence-electron chi connectivity index (χ1n) is 6.46. The molecule has 0 amide bonds. The lowest BCUT2D eigenvalue weighted by atomic mass is 10.1. The minimum atomic E-state index is -3.92. The molecule has 6 nitrogen and oxygen atoms in total. The molecule has 0 aliphatic heterocycles. The van der Waals surface area contributed by atoms with Crippen molar-refractivity contribution in [2.45, 2.75) is 31.0 Å². The molecule has 0 spiro atoms. The van der Waals surface area contributed by atoms with E-state index in [1.807, 2.05) is 25.1 Å². The van der Waals surface area contributed by atoms with Crippen molar-refractivity contribution in [3.63, 3.8) is 0 Å². The van der Waals surface area contributed by atoms with Gasteiger partial charge in [-0.2, -0.15) is 0 Å². The lowest BCUT2D eigenvalue weighted by Gasteiger charge is -2.10. The molecule has 1 heterocycles. The fourth-order valence-electron chi connectivity index (χ4n) is 2.26. The van der Waals surface area contributed by atoms with Gasteiger partial charge in [-0.15, -0.1) is 10.2 Å². The summed E-state index contributed by atoms with van der Waals surface area (Å²) < 4.78 is 30.1. The summed E-state index contributed by atoms with van der Waals surface area (Å²) in [6.45, 7) is 1.93. The van der Waals surface area contributed by atoms with Gasteiger partial charge in [-0.25, -0.2) is 8.42 Å². The number of benzene rings is 1. The highest BCUT2D eigenvalue weighted by molar-refractivity contribution is 8.13. The summed E-state index contributed by atoms with van der Waals surface area (Å²) in [7, 11) is 3.11. The van der Waals surface area contributed by atoms with Gasteiger partial charge in [-0.05, 0) is 31.4 Å². The third kappa shape index (κ3) is 2.63. The number of nitrogens with zero attached hydrogens (tertiary/aromatic N) is 3. The predicted octanol–water partition coefficient (Wildman–Crippen LogP) is 2.52. The fraction of sp³-hybridized carbons (Fsp3) is 0.385. The van der Waals surface area contributed by atoms with E-state index in [2.05, 4.69) is 10.2 Å². The monoisotopic (exact) mass is 327 g/mol. The standard InChI is InChI=1S/C13H14ClN3O3S/c1-8-3-4-9(7-11(8)20-2)12-15-16-13(21(14,18)19)17(12)10-5-6-10/h3-4,7,10H,5-6H2,1-2H3. The van der Waals surface area contributed by atoms with Crippen LogP contribution in [0, 0.1) is 6.92 Å². The second-order valence-corrected chi connectivity index (χ2v) is 7.49. The molecule has 2 aromatic rings. The van der Waals surface area contributed by atoms with Gasteiger partial charge in [-0.3, -0.25) is 4.57 Å². The van der Waals surface area contributed by atoms with Gasteiger partial charge in [0, 0.05) is 22.3 Å². The van der Waals surface area contributed by atoms with Crippen molar-refractivity contribution in [1.29, 1.82) is 0 Å². The molecule has 112 valence electrons. The van der Waals surface area contributed by atoms with Gasteiger partial charge in [0.2, 0.25) is 0 Å². The Balaban J connectivity index is 2.17. The number of halogens is 1. The van der Waals surface area contributed by atoms with Crippen LogP contribution in [0.4, 0.5) is 0 Å². The number of aryl methyl sites for hydroxylation is 1. The van der Waals surface area contributed by atoms with Gasteiger partial charge < -0.3 is 4.74 Å². The highest BCUT2D eigenvalue weighted by atomic mass is 35.7. The summed E-state index contributed by atoms with van der Waals surface area (Å²) in [5.74, 6) is 1.21. The molecular formula is C13H14ClN3O3S. The summed E-state index contributed by atoms with van der Waals surface area (Å²) >= 11 is 0. The van der Waals surface area contributed by atoms with Crippen molar-refractivity contribution < 1.29 is 13.2 Å². The highest BCUT2D eigenvalue weighted by Gasteiger charge is 2.34. The summed E-state index contributed by atoms with van der Waals surface area (Å²) in [6, 6.07) is 5.68. The second kappa shape index (κ2) is 4.99. The zero-order chi connectivity index (χ0) is 15.2. The van der Waals surface area contributed by atoms with Gasteiger partial charge >= 0.3 is 0 Å². The highest BCUT2D eigenvalue weighted by Crippen LogP contribution is 2.41. The first-order chi connectivity index (χ1) is 9.91. The van der Waals surface area contributed by atoms with Crippen LogP contribution in [0.1, 0.15) is 24.4 Å². The zero-order valence-electron chi connectivity index (χ0n) is 11.6. The number of ether oxygens (including phenoxy) is 1. The maximum Gasteiger partial charge on any atom is 0.296 e. The molecule has 1 saturated carbocycles. The molecule has 0 N–H and O–H groups in total. The largest absolute Gasteiger partial charge is 0.496 e. The minimum Gasteiger partial charge on any atom is -0.496 e. The van der Waals surface area contributed by atoms with Crippen molar-refractivity contribution in [2.24, 2.45) is 0 Å². The summed E-state index contributed by atoms with van der Waals surface area (Å²) in [6.07, 6.45) is 1.79. The van der Waals surface area contributed by atoms with E-state index in [4.69, 9.17) is 15.4 Å². The molecule has 1 aromatic carbocycles. The topological polar surface area (TPSA) is 74.1 Å². The van der Waals surface area contributed by atoms with Crippen molar-refractivity contribution in [2.75, 3.05) is 7.11 Å². The van der Waals surface area contributed by atoms with Gasteiger partial charge in [0.05, 0.1) is 7.11 Å². The Morgan fingerprint density at radius 1 is 1.33 bits per heavy atom. The number of aromatic nitrogens is 3. The Morgan fingerprint density at radius 2 is 2.05 bits per heavy atom. The molecule has 0 unspecified atom stereocenters. The molecule has 8 heteroatoms. The Kier molecular flexibility index (Phi) is 3.41. The summed E-state index contributed by atoms with van der Waals surface area (Å²) in [5, 5.41) is 7.57. The van der Waals surface area contributed by atoms with E-state index in [1.165, 1.54) is 0 Å². The van der Waals surface area contributed by atoms with E-state index in [1.54, 1.807) is 11.7 Å². The van der Waals surface area contributed by atoms with Gasteiger partial charge in [-0.1, -0.05) is 12.1 Å². The molecule has 0 atom stereocenters. The van der Waals surface area contributed by atoms with E-state index in [-0.39, 0.29) is 11.2 Å². The molecule has 1 aliphatic carbocycles. The van der Waals surface area contributed by atoms with Crippen LogP contribution in [0.5, 0.6) is 5.75 Å². The molecule has 1 aromatic heterocycles. The molecular weight excluding hydrogens is 314 g/mol. The average Bonchev–Trinajstić information content (AvgIpc) is 3.16. The lowest BCUT2D eigenvalue weighted by molar-refractivity contribution is 0.412. The fourth-order valence-corrected chi connectivity index (χ4v) is 3.19. The van der Waals surface area contributed by atoms with Crippen LogP contribution in [0.2, 0.25) is 0 Å². The number of hydrogen-bond donors (Lipinski definition) is 0. The van der Waals surface area contributed by atoms with Crippen LogP contribution in [-0.4, -0.2) is 30.3 Å². The first-order valence-corrected chi connectivity index (χ1v) is 8.77. The normalized spacial score (nSPS) is 15.2. The van der Waals surface area contributed by atoms with Crippen molar-refractivity contribution in [3.8, 4) is 17.1 Å². The smallest absolute Gasteiger partial charge is 0.296 e. The van der Waals surface area contributed by atoms with Crippen LogP contribution < -0.4 is 4.74 Å². The van der Waals surface area contributed by atoms with E-state index < -0.39 is 9.05 Å². The summed E-state index contributed by atoms with van der Waals surface area (Å²) in [4.78, 5) is 0. The van der Waals surface area contributed by atoms with E-state index in [0.717, 1.165) is 24.0 Å². The quantitative estimate of drug-likeness (QED) is 0.807. The predicted molar refractivity (Wildman–Crippen MR) is 78.1 cm³/mol. The number of methoxy groups -OCH3 is 1. The SMILES string of the molecule is COc1cc(-c2nnc(S(=O)(=O)Cl)n2C2CC2)ccc1C. The maximum absolute atomic E-state index is 11.6. The van der Waals surface area contributed by atoms with Crippen molar-refractivity contribution >= 4 is 19.7 Å². The van der Waals surface area contributed by atoms with Gasteiger partial charge in [0.15, 0.2) is 5.82 Å².